The predicted octanol–water partition coefficient (Wildman–Crippen LogP) is 6.81. The number of thioether (sulfide) groups is 1. The predicted molar refractivity (Wildman–Crippen MR) is 131 cm³/mol. The van der Waals surface area contributed by atoms with Crippen molar-refractivity contribution >= 4 is 40.4 Å². The largest absolute Gasteiger partial charge is 0.366 e. The van der Waals surface area contributed by atoms with Gasteiger partial charge in [-0.2, -0.15) is 10.5 Å². The van der Waals surface area contributed by atoms with E-state index < -0.39 is 5.88 Å². The smallest absolute Gasteiger partial charge is 0.290 e. The lowest BCUT2D eigenvalue weighted by molar-refractivity contribution is 0.332. The molecule has 33 heavy (non-hydrogen) atoms. The molecule has 4 rings (SSSR count). The Morgan fingerprint density at radius 2 is 1.94 bits per heavy atom. The van der Waals surface area contributed by atoms with E-state index in [2.05, 4.69) is 27.9 Å². The van der Waals surface area contributed by atoms with Crippen molar-refractivity contribution in [2.45, 2.75) is 49.4 Å². The number of aromatic nitrogens is 2. The van der Waals surface area contributed by atoms with Crippen LogP contribution >= 0.6 is 34.7 Å². The molecule has 1 atom stereocenters. The Kier molecular flexibility index (Phi) is 7.39. The molecule has 6 nitrogen and oxygen atoms in total. The second kappa shape index (κ2) is 10.4. The number of hydrogen-bond acceptors (Lipinski definition) is 7. The lowest BCUT2D eigenvalue weighted by atomic mass is 9.97. The summed E-state index contributed by atoms with van der Waals surface area (Å²) in [5.41, 5.74) is 2.55. The van der Waals surface area contributed by atoms with Gasteiger partial charge >= 0.3 is 0 Å². The highest BCUT2D eigenvalue weighted by molar-refractivity contribution is 7.98. The minimum atomic E-state index is -0.574. The van der Waals surface area contributed by atoms with Crippen LogP contribution in [0.4, 0.5) is 5.69 Å². The summed E-state index contributed by atoms with van der Waals surface area (Å²) in [6, 6.07) is 12.0. The van der Waals surface area contributed by atoms with Crippen molar-refractivity contribution in [3.05, 3.63) is 51.5 Å². The molecule has 1 aliphatic heterocycles. The van der Waals surface area contributed by atoms with Crippen molar-refractivity contribution in [3.63, 3.8) is 0 Å². The normalized spacial score (nSPS) is 15.8. The zero-order chi connectivity index (χ0) is 23.4. The highest BCUT2D eigenvalue weighted by Gasteiger charge is 2.30. The molecule has 0 N–H and O–H groups in total. The second-order valence-electron chi connectivity index (χ2n) is 7.74. The number of piperidine rings is 1. The summed E-state index contributed by atoms with van der Waals surface area (Å²) in [5, 5.41) is 36.3. The van der Waals surface area contributed by atoms with Crippen molar-refractivity contribution in [1.29, 1.82) is 10.5 Å². The first kappa shape index (κ1) is 23.4. The number of halogens is 1. The topological polar surface area (TPSA) is 96.5 Å². The molecule has 1 aromatic carbocycles. The maximum Gasteiger partial charge on any atom is 0.290 e. The molecule has 0 bridgehead atoms. The Bertz CT molecular complexity index is 1230. The number of benzene rings is 1. The monoisotopic (exact) mass is 494 g/mol. The first-order valence-corrected chi connectivity index (χ1v) is 12.9. The molecule has 1 saturated heterocycles. The van der Waals surface area contributed by atoms with E-state index >= 15 is 0 Å². The summed E-state index contributed by atoms with van der Waals surface area (Å²) in [6.07, 6.45) is 3.95. The zero-order valence-electron chi connectivity index (χ0n) is 18.0. The third-order valence-corrected chi connectivity index (χ3v) is 7.91. The van der Waals surface area contributed by atoms with Gasteiger partial charge in [0.05, 0.1) is 11.4 Å². The van der Waals surface area contributed by atoms with Crippen molar-refractivity contribution in [2.24, 2.45) is 0 Å². The van der Waals surface area contributed by atoms with Crippen LogP contribution in [0.5, 0.6) is 5.88 Å². The van der Waals surface area contributed by atoms with E-state index in [9.17, 15) is 15.6 Å². The number of anilines is 1. The molecule has 3 heterocycles. The van der Waals surface area contributed by atoms with Gasteiger partial charge in [0.1, 0.15) is 33.3 Å². The van der Waals surface area contributed by atoms with Gasteiger partial charge in [0.15, 0.2) is 0 Å². The molecule has 1 fully saturated rings. The summed E-state index contributed by atoms with van der Waals surface area (Å²) in [7, 11) is 0. The quantitative estimate of drug-likeness (QED) is 0.349. The van der Waals surface area contributed by atoms with Gasteiger partial charge in [-0.15, -0.1) is 11.3 Å². The van der Waals surface area contributed by atoms with E-state index in [1.165, 1.54) is 23.1 Å². The third-order valence-electron chi connectivity index (χ3n) is 5.71. The Morgan fingerprint density at radius 1 is 1.18 bits per heavy atom. The van der Waals surface area contributed by atoms with E-state index in [-0.39, 0.29) is 11.6 Å². The van der Waals surface area contributed by atoms with Gasteiger partial charge in [-0.25, -0.2) is 9.97 Å². The molecule has 0 saturated carbocycles. The maximum absolute atomic E-state index is 12.7. The number of pyridine rings is 1. The van der Waals surface area contributed by atoms with Crippen LogP contribution in [-0.2, 0) is 10.9 Å². The number of nitriles is 2. The summed E-state index contributed by atoms with van der Waals surface area (Å²) in [4.78, 5) is 10.9. The van der Waals surface area contributed by atoms with Gasteiger partial charge in [0, 0.05) is 34.3 Å². The van der Waals surface area contributed by atoms with Crippen molar-refractivity contribution < 1.29 is 5.11 Å². The lowest BCUT2D eigenvalue weighted by Crippen LogP contribution is -2.40. The molecule has 0 amide bonds. The van der Waals surface area contributed by atoms with Crippen LogP contribution in [0.25, 0.3) is 10.6 Å². The highest BCUT2D eigenvalue weighted by Crippen LogP contribution is 2.40. The van der Waals surface area contributed by atoms with Crippen LogP contribution in [0, 0.1) is 22.7 Å². The number of nitrogens with zero attached hydrogens (tertiary/aromatic N) is 5. The average molecular weight is 495 g/mol. The number of rotatable bonds is 6. The van der Waals surface area contributed by atoms with Crippen LogP contribution in [0.3, 0.4) is 0 Å². The number of hydrogen-bond donors (Lipinski definition) is 0. The minimum Gasteiger partial charge on any atom is -0.366 e. The van der Waals surface area contributed by atoms with Crippen molar-refractivity contribution in [1.82, 2.24) is 9.97 Å². The van der Waals surface area contributed by atoms with Gasteiger partial charge in [-0.3, -0.25) is 5.11 Å². The number of thiazole rings is 1. The average Bonchev–Trinajstić information content (AvgIpc) is 3.31. The fourth-order valence-electron chi connectivity index (χ4n) is 4.08. The molecule has 1 unspecified atom stereocenters. The standard InChI is InChI=1S/C24H21ClN5OS2/c1-2-18-5-3-4-10-30(18)21-19(11-26)22(31)29-24(20(21)12-27)33-14-17-13-32-23(28-17)15-6-8-16(25)9-7-15/h6-9,13,18H,2-5,10,14H2,1H3. The molecular weight excluding hydrogens is 474 g/mol. The molecule has 1 radical (unpaired) electrons. The Hall–Kier alpha value is -2.78. The van der Waals surface area contributed by atoms with E-state index in [0.717, 1.165) is 48.5 Å². The van der Waals surface area contributed by atoms with E-state index in [0.29, 0.717) is 27.1 Å². The summed E-state index contributed by atoms with van der Waals surface area (Å²) >= 11 is 8.80. The zero-order valence-corrected chi connectivity index (χ0v) is 20.4. The second-order valence-corrected chi connectivity index (χ2v) is 9.99. The summed E-state index contributed by atoms with van der Waals surface area (Å²) in [5.74, 6) is -0.108. The first-order chi connectivity index (χ1) is 16.0. The Morgan fingerprint density at radius 3 is 2.64 bits per heavy atom. The van der Waals surface area contributed by atoms with Crippen LogP contribution in [0.15, 0.2) is 34.7 Å². The Balaban J connectivity index is 1.63. The van der Waals surface area contributed by atoms with E-state index in [4.69, 9.17) is 11.6 Å². The van der Waals surface area contributed by atoms with Crippen LogP contribution in [-0.4, -0.2) is 22.6 Å². The summed E-state index contributed by atoms with van der Waals surface area (Å²) < 4.78 is 0. The molecule has 0 aliphatic carbocycles. The molecular formula is C24H21ClN5OS2. The SMILES string of the molecule is CCC1CCCCN1c1c(C#N)c([O])nc(SCc2csc(-c3ccc(Cl)cc3)n2)c1C#N. The van der Waals surface area contributed by atoms with Crippen molar-refractivity contribution in [2.75, 3.05) is 11.4 Å². The molecule has 2 aromatic heterocycles. The van der Waals surface area contributed by atoms with Crippen molar-refractivity contribution in [3.8, 4) is 28.6 Å². The van der Waals surface area contributed by atoms with Gasteiger partial charge < -0.3 is 4.90 Å². The van der Waals surface area contributed by atoms with Crippen LogP contribution in [0.1, 0.15) is 49.4 Å². The van der Waals surface area contributed by atoms with Gasteiger partial charge in [0.2, 0.25) is 0 Å². The molecule has 9 heteroatoms. The lowest BCUT2D eigenvalue weighted by Gasteiger charge is -2.38. The van der Waals surface area contributed by atoms with Gasteiger partial charge in [-0.1, -0.05) is 42.4 Å². The molecule has 3 aromatic rings. The van der Waals surface area contributed by atoms with E-state index in [1.807, 2.05) is 35.7 Å². The first-order valence-electron chi connectivity index (χ1n) is 10.7. The summed E-state index contributed by atoms with van der Waals surface area (Å²) in [6.45, 7) is 2.82. The highest BCUT2D eigenvalue weighted by atomic mass is 35.5. The molecule has 167 valence electrons. The fourth-order valence-corrected chi connectivity index (χ4v) is 6.01. The minimum absolute atomic E-state index is 0.0325. The van der Waals surface area contributed by atoms with Crippen LogP contribution < -0.4 is 4.90 Å². The Labute approximate surface area is 206 Å². The maximum atomic E-state index is 12.7. The van der Waals surface area contributed by atoms with Gasteiger partial charge in [0.25, 0.3) is 5.88 Å². The third kappa shape index (κ3) is 4.94. The molecule has 0 spiro atoms. The van der Waals surface area contributed by atoms with Gasteiger partial charge in [-0.05, 0) is 37.8 Å². The fraction of sp³-hybridized carbons (Fsp3) is 0.333. The van der Waals surface area contributed by atoms with Crippen LogP contribution in [0.2, 0.25) is 5.02 Å². The van der Waals surface area contributed by atoms with E-state index in [1.54, 1.807) is 0 Å². The molecule has 1 aliphatic rings.